The predicted octanol–water partition coefficient (Wildman–Crippen LogP) is 4.03. The van der Waals surface area contributed by atoms with Gasteiger partial charge in [-0.05, 0) is 31.2 Å². The molecule has 0 unspecified atom stereocenters. The van der Waals surface area contributed by atoms with Crippen LogP contribution in [0, 0.1) is 0 Å². The summed E-state index contributed by atoms with van der Waals surface area (Å²) >= 11 is 11.9. The highest BCUT2D eigenvalue weighted by atomic mass is 35.5. The van der Waals surface area contributed by atoms with Gasteiger partial charge in [0.1, 0.15) is 5.75 Å². The van der Waals surface area contributed by atoms with Crippen LogP contribution in [0.4, 0.5) is 0 Å². The number of amides is 1. The number of nitrogens with one attached hydrogen (secondary N) is 1. The van der Waals surface area contributed by atoms with Gasteiger partial charge in [-0.1, -0.05) is 23.2 Å². The molecule has 0 aliphatic rings. The molecule has 0 bridgehead atoms. The lowest BCUT2D eigenvalue weighted by Gasteiger charge is -2.15. The number of halogens is 2. The number of hydrogen-bond acceptors (Lipinski definition) is 4. The summed E-state index contributed by atoms with van der Waals surface area (Å²) in [5.74, 6) is 0.175. The molecule has 8 heteroatoms. The third kappa shape index (κ3) is 4.59. The van der Waals surface area contributed by atoms with Crippen LogP contribution in [0.5, 0.6) is 5.75 Å². The first-order chi connectivity index (χ1) is 12.5. The van der Waals surface area contributed by atoms with Crippen LogP contribution >= 0.6 is 23.2 Å². The first-order valence-corrected chi connectivity index (χ1v) is 8.73. The quantitative estimate of drug-likeness (QED) is 0.657. The maximum absolute atomic E-state index is 12.2. The van der Waals surface area contributed by atoms with E-state index in [9.17, 15) is 4.79 Å². The van der Waals surface area contributed by atoms with Gasteiger partial charge in [-0.2, -0.15) is 5.10 Å². The molecule has 2 aromatic heterocycles. The Bertz CT molecular complexity index is 878. The maximum atomic E-state index is 12.2. The maximum Gasteiger partial charge on any atom is 0.260 e. The molecule has 0 saturated heterocycles. The molecule has 0 radical (unpaired) electrons. The average Bonchev–Trinajstić information content (AvgIpc) is 3.28. The molecule has 0 fully saturated rings. The zero-order chi connectivity index (χ0) is 18.5. The van der Waals surface area contributed by atoms with Crippen LogP contribution < -0.4 is 10.1 Å². The largest absolute Gasteiger partial charge is 0.479 e. The average molecular weight is 394 g/mol. The van der Waals surface area contributed by atoms with Crippen LogP contribution in [-0.4, -0.2) is 28.3 Å². The summed E-state index contributed by atoms with van der Waals surface area (Å²) in [6, 6.07) is 6.72. The highest BCUT2D eigenvalue weighted by molar-refractivity contribution is 6.35. The fourth-order valence-corrected chi connectivity index (χ4v) is 2.77. The molecular weight excluding hydrogens is 377 g/mol. The smallest absolute Gasteiger partial charge is 0.260 e. The second kappa shape index (κ2) is 8.29. The second-order valence-electron chi connectivity index (χ2n) is 5.63. The Morgan fingerprint density at radius 1 is 1.35 bits per heavy atom. The Balaban J connectivity index is 1.47. The lowest BCUT2D eigenvalue weighted by molar-refractivity contribution is -0.127. The first kappa shape index (κ1) is 18.4. The number of hydrogen-bond donors (Lipinski definition) is 1. The van der Waals surface area contributed by atoms with Crippen molar-refractivity contribution in [3.05, 3.63) is 59.2 Å². The van der Waals surface area contributed by atoms with E-state index < -0.39 is 6.10 Å². The SMILES string of the molecule is C[C@H](Oc1ccc(Cl)cc1Cl)C(=O)NCCn1cc(-c2ccoc2)cn1. The summed E-state index contributed by atoms with van der Waals surface area (Å²) < 4.78 is 12.4. The molecule has 1 amide bonds. The van der Waals surface area contributed by atoms with Gasteiger partial charge in [0.25, 0.3) is 5.91 Å². The third-order valence-electron chi connectivity index (χ3n) is 3.69. The molecule has 0 aliphatic carbocycles. The molecule has 1 atom stereocenters. The van der Waals surface area contributed by atoms with Crippen LogP contribution in [0.2, 0.25) is 10.0 Å². The topological polar surface area (TPSA) is 69.3 Å². The highest BCUT2D eigenvalue weighted by Crippen LogP contribution is 2.28. The molecule has 3 aromatic rings. The molecular formula is C18H17Cl2N3O3. The Labute approximate surface area is 160 Å². The number of ether oxygens (including phenoxy) is 1. The summed E-state index contributed by atoms with van der Waals surface area (Å²) in [5, 5.41) is 7.95. The van der Waals surface area contributed by atoms with Crippen LogP contribution in [0.3, 0.4) is 0 Å². The molecule has 136 valence electrons. The van der Waals surface area contributed by atoms with E-state index in [2.05, 4.69) is 10.4 Å². The van der Waals surface area contributed by atoms with E-state index >= 15 is 0 Å². The molecule has 1 aromatic carbocycles. The number of furan rings is 1. The molecule has 26 heavy (non-hydrogen) atoms. The normalized spacial score (nSPS) is 12.0. The van der Waals surface area contributed by atoms with E-state index in [0.29, 0.717) is 28.9 Å². The van der Waals surface area contributed by atoms with Crippen LogP contribution in [0.25, 0.3) is 11.1 Å². The van der Waals surface area contributed by atoms with Crippen molar-refractivity contribution in [3.63, 3.8) is 0 Å². The zero-order valence-corrected chi connectivity index (χ0v) is 15.5. The Morgan fingerprint density at radius 3 is 2.92 bits per heavy atom. The first-order valence-electron chi connectivity index (χ1n) is 7.97. The van der Waals surface area contributed by atoms with Gasteiger partial charge in [0.05, 0.1) is 30.3 Å². The number of nitrogens with zero attached hydrogens (tertiary/aromatic N) is 2. The Hall–Kier alpha value is -2.44. The fraction of sp³-hybridized carbons (Fsp3) is 0.222. The minimum absolute atomic E-state index is 0.238. The molecule has 2 heterocycles. The number of carbonyl (C=O) groups excluding carboxylic acids is 1. The van der Waals surface area contributed by atoms with Crippen molar-refractivity contribution >= 4 is 29.1 Å². The van der Waals surface area contributed by atoms with Gasteiger partial charge >= 0.3 is 0 Å². The van der Waals surface area contributed by atoms with Crippen molar-refractivity contribution in [2.24, 2.45) is 0 Å². The van der Waals surface area contributed by atoms with Crippen molar-refractivity contribution < 1.29 is 13.9 Å². The third-order valence-corrected chi connectivity index (χ3v) is 4.23. The lowest BCUT2D eigenvalue weighted by atomic mass is 10.2. The number of carbonyl (C=O) groups is 1. The number of rotatable bonds is 7. The predicted molar refractivity (Wildman–Crippen MR) is 99.5 cm³/mol. The van der Waals surface area contributed by atoms with Crippen LogP contribution in [-0.2, 0) is 11.3 Å². The van der Waals surface area contributed by atoms with Gasteiger partial charge in [0.15, 0.2) is 6.10 Å². The second-order valence-corrected chi connectivity index (χ2v) is 6.47. The van der Waals surface area contributed by atoms with Crippen LogP contribution in [0.15, 0.2) is 53.6 Å². The number of benzene rings is 1. The van der Waals surface area contributed by atoms with Crippen molar-refractivity contribution in [2.75, 3.05) is 6.54 Å². The fourth-order valence-electron chi connectivity index (χ4n) is 2.32. The summed E-state index contributed by atoms with van der Waals surface area (Å²) in [6.07, 6.45) is 6.23. The van der Waals surface area contributed by atoms with Crippen molar-refractivity contribution in [3.8, 4) is 16.9 Å². The Morgan fingerprint density at radius 2 is 2.19 bits per heavy atom. The summed E-state index contributed by atoms with van der Waals surface area (Å²) in [4.78, 5) is 12.2. The van der Waals surface area contributed by atoms with E-state index in [-0.39, 0.29) is 5.91 Å². The molecule has 0 aliphatic heterocycles. The van der Waals surface area contributed by atoms with Crippen molar-refractivity contribution in [1.29, 1.82) is 0 Å². The van der Waals surface area contributed by atoms with E-state index in [4.69, 9.17) is 32.4 Å². The highest BCUT2D eigenvalue weighted by Gasteiger charge is 2.16. The lowest BCUT2D eigenvalue weighted by Crippen LogP contribution is -2.38. The minimum Gasteiger partial charge on any atom is -0.479 e. The standard InChI is InChI=1S/C18H17Cl2N3O3/c1-12(26-17-3-2-15(19)8-16(17)20)18(24)21-5-6-23-10-14(9-22-23)13-4-7-25-11-13/h2-4,7-12H,5-6H2,1H3,(H,21,24)/t12-/m0/s1. The van der Waals surface area contributed by atoms with E-state index in [0.717, 1.165) is 11.1 Å². The van der Waals surface area contributed by atoms with Gasteiger partial charge < -0.3 is 14.5 Å². The molecule has 1 N–H and O–H groups in total. The van der Waals surface area contributed by atoms with E-state index in [1.807, 2.05) is 12.3 Å². The molecule has 0 saturated carbocycles. The molecule has 3 rings (SSSR count). The number of aromatic nitrogens is 2. The molecule has 6 nitrogen and oxygen atoms in total. The van der Waals surface area contributed by atoms with Gasteiger partial charge in [-0.3, -0.25) is 9.48 Å². The van der Waals surface area contributed by atoms with E-state index in [1.165, 1.54) is 0 Å². The van der Waals surface area contributed by atoms with Gasteiger partial charge in [-0.15, -0.1) is 0 Å². The summed E-state index contributed by atoms with van der Waals surface area (Å²) in [6.45, 7) is 2.62. The molecule has 0 spiro atoms. The van der Waals surface area contributed by atoms with Crippen LogP contribution in [0.1, 0.15) is 6.92 Å². The van der Waals surface area contributed by atoms with Gasteiger partial charge in [-0.25, -0.2) is 0 Å². The van der Waals surface area contributed by atoms with Crippen molar-refractivity contribution in [2.45, 2.75) is 19.6 Å². The zero-order valence-electron chi connectivity index (χ0n) is 14.0. The summed E-state index contributed by atoms with van der Waals surface area (Å²) in [5.41, 5.74) is 1.92. The van der Waals surface area contributed by atoms with Gasteiger partial charge in [0, 0.05) is 28.9 Å². The Kier molecular flexibility index (Phi) is 5.85. The summed E-state index contributed by atoms with van der Waals surface area (Å²) in [7, 11) is 0. The van der Waals surface area contributed by atoms with Gasteiger partial charge in [0.2, 0.25) is 0 Å². The minimum atomic E-state index is -0.687. The van der Waals surface area contributed by atoms with Crippen molar-refractivity contribution in [1.82, 2.24) is 15.1 Å². The monoisotopic (exact) mass is 393 g/mol. The van der Waals surface area contributed by atoms with E-state index in [1.54, 1.807) is 48.5 Å².